The van der Waals surface area contributed by atoms with Crippen LogP contribution in [0.25, 0.3) is 10.2 Å². The number of likely N-dealkylation sites (tertiary alicyclic amines) is 1. The number of aryl methyl sites for hydroxylation is 2. The fourth-order valence-electron chi connectivity index (χ4n) is 2.96. The number of hydrogen-bond acceptors (Lipinski definition) is 4. The molecule has 0 aliphatic carbocycles. The number of amides is 1. The molecule has 0 N–H and O–H groups in total. The molecule has 5 nitrogen and oxygen atoms in total. The van der Waals surface area contributed by atoms with Crippen molar-refractivity contribution in [2.45, 2.75) is 19.9 Å². The first-order valence-electron chi connectivity index (χ1n) is 7.27. The minimum absolute atomic E-state index is 0.0908. The summed E-state index contributed by atoms with van der Waals surface area (Å²) in [5, 5.41) is 4.50. The van der Waals surface area contributed by atoms with Crippen LogP contribution < -0.4 is 0 Å². The smallest absolute Gasteiger partial charge is 0.254 e. The van der Waals surface area contributed by atoms with Crippen molar-refractivity contribution in [3.8, 4) is 0 Å². The maximum absolute atomic E-state index is 12.5. The maximum atomic E-state index is 12.5. The molecule has 22 heavy (non-hydrogen) atoms. The van der Waals surface area contributed by atoms with Crippen molar-refractivity contribution < 1.29 is 4.79 Å². The monoisotopic (exact) mass is 312 g/mol. The Morgan fingerprint density at radius 2 is 2.09 bits per heavy atom. The van der Waals surface area contributed by atoms with Gasteiger partial charge in [0.1, 0.15) is 0 Å². The lowest BCUT2D eigenvalue weighted by Crippen LogP contribution is -2.51. The Morgan fingerprint density at radius 1 is 1.27 bits per heavy atom. The van der Waals surface area contributed by atoms with Crippen molar-refractivity contribution >= 4 is 27.5 Å². The number of fused-ring (bicyclic) bond motifs is 1. The quantitative estimate of drug-likeness (QED) is 0.731. The molecule has 0 bridgehead atoms. The van der Waals surface area contributed by atoms with Gasteiger partial charge in [-0.3, -0.25) is 9.48 Å². The zero-order chi connectivity index (χ0) is 15.3. The third-order valence-corrected chi connectivity index (χ3v) is 4.91. The van der Waals surface area contributed by atoms with Gasteiger partial charge in [0.25, 0.3) is 5.91 Å². The number of aromatic nitrogens is 3. The van der Waals surface area contributed by atoms with Crippen LogP contribution in [0.5, 0.6) is 0 Å². The van der Waals surface area contributed by atoms with Crippen molar-refractivity contribution in [1.29, 1.82) is 0 Å². The summed E-state index contributed by atoms with van der Waals surface area (Å²) >= 11 is 1.56. The second-order valence-corrected chi connectivity index (χ2v) is 6.66. The number of carbonyl (C=O) groups is 1. The summed E-state index contributed by atoms with van der Waals surface area (Å²) < 4.78 is 3.09. The Balaban J connectivity index is 1.50. The molecule has 0 saturated carbocycles. The van der Waals surface area contributed by atoms with E-state index in [1.54, 1.807) is 16.8 Å². The molecular weight excluding hydrogens is 296 g/mol. The van der Waals surface area contributed by atoms with Gasteiger partial charge in [0.2, 0.25) is 0 Å². The van der Waals surface area contributed by atoms with Crippen molar-refractivity contribution in [2.24, 2.45) is 0 Å². The third kappa shape index (κ3) is 2.11. The standard InChI is InChI=1S/C16H16N4OS/c1-10-5-11(2)20(18-10)13-7-19(8-13)16(21)12-3-4-14-15(6-12)22-9-17-14/h3-6,9,13H,7-8H2,1-2H3. The first kappa shape index (κ1) is 13.5. The summed E-state index contributed by atoms with van der Waals surface area (Å²) in [6.07, 6.45) is 0. The lowest BCUT2D eigenvalue weighted by atomic mass is 10.1. The molecule has 1 fully saturated rings. The molecule has 6 heteroatoms. The molecule has 3 aromatic rings. The molecule has 1 aliphatic heterocycles. The van der Waals surface area contributed by atoms with Gasteiger partial charge < -0.3 is 4.90 Å². The Kier molecular flexibility index (Phi) is 3.00. The first-order valence-corrected chi connectivity index (χ1v) is 8.15. The Bertz CT molecular complexity index is 860. The number of hydrogen-bond donors (Lipinski definition) is 0. The molecule has 1 saturated heterocycles. The van der Waals surface area contributed by atoms with E-state index in [1.165, 1.54) is 0 Å². The van der Waals surface area contributed by atoms with E-state index in [-0.39, 0.29) is 5.91 Å². The number of thiazole rings is 1. The van der Waals surface area contributed by atoms with Crippen LogP contribution in [0.3, 0.4) is 0 Å². The van der Waals surface area contributed by atoms with Gasteiger partial charge in [0, 0.05) is 24.3 Å². The van der Waals surface area contributed by atoms with E-state index >= 15 is 0 Å². The highest BCUT2D eigenvalue weighted by molar-refractivity contribution is 7.16. The lowest BCUT2D eigenvalue weighted by molar-refractivity contribution is 0.0498. The molecule has 0 radical (unpaired) electrons. The zero-order valence-electron chi connectivity index (χ0n) is 12.5. The van der Waals surface area contributed by atoms with Crippen molar-refractivity contribution in [2.75, 3.05) is 13.1 Å². The molecule has 4 rings (SSSR count). The fourth-order valence-corrected chi connectivity index (χ4v) is 3.68. The van der Waals surface area contributed by atoms with E-state index in [9.17, 15) is 4.79 Å². The van der Waals surface area contributed by atoms with Gasteiger partial charge in [0.15, 0.2) is 0 Å². The molecule has 0 atom stereocenters. The van der Waals surface area contributed by atoms with Crippen LogP contribution >= 0.6 is 11.3 Å². The topological polar surface area (TPSA) is 51.0 Å². The molecule has 112 valence electrons. The van der Waals surface area contributed by atoms with Gasteiger partial charge in [-0.1, -0.05) is 0 Å². The largest absolute Gasteiger partial charge is 0.334 e. The van der Waals surface area contributed by atoms with Gasteiger partial charge >= 0.3 is 0 Å². The van der Waals surface area contributed by atoms with Crippen molar-refractivity contribution in [3.05, 3.63) is 46.7 Å². The number of nitrogens with zero attached hydrogens (tertiary/aromatic N) is 4. The van der Waals surface area contributed by atoms with E-state index in [2.05, 4.69) is 23.1 Å². The lowest BCUT2D eigenvalue weighted by Gasteiger charge is -2.39. The number of rotatable bonds is 2. The van der Waals surface area contributed by atoms with Gasteiger partial charge in [-0.05, 0) is 38.1 Å². The van der Waals surface area contributed by atoms with Crippen LogP contribution in [0.1, 0.15) is 27.8 Å². The fraction of sp³-hybridized carbons (Fsp3) is 0.312. The van der Waals surface area contributed by atoms with Crippen molar-refractivity contribution in [1.82, 2.24) is 19.7 Å². The number of carbonyl (C=O) groups excluding carboxylic acids is 1. The highest BCUT2D eigenvalue weighted by atomic mass is 32.1. The zero-order valence-corrected chi connectivity index (χ0v) is 13.3. The molecule has 3 heterocycles. The van der Waals surface area contributed by atoms with Crippen LogP contribution in [0.2, 0.25) is 0 Å². The van der Waals surface area contributed by atoms with Crippen molar-refractivity contribution in [3.63, 3.8) is 0 Å². The second-order valence-electron chi connectivity index (χ2n) is 5.77. The summed E-state index contributed by atoms with van der Waals surface area (Å²) in [6.45, 7) is 5.50. The first-order chi connectivity index (χ1) is 10.6. The highest BCUT2D eigenvalue weighted by Gasteiger charge is 2.33. The second kappa shape index (κ2) is 4.91. The van der Waals surface area contributed by atoms with E-state index in [4.69, 9.17) is 0 Å². The molecule has 1 amide bonds. The maximum Gasteiger partial charge on any atom is 0.254 e. The summed E-state index contributed by atoms with van der Waals surface area (Å²) in [4.78, 5) is 18.7. The summed E-state index contributed by atoms with van der Waals surface area (Å²) in [5.74, 6) is 0.0908. The van der Waals surface area contributed by atoms with Gasteiger partial charge in [-0.15, -0.1) is 11.3 Å². The molecule has 1 aliphatic rings. The molecule has 2 aromatic heterocycles. The summed E-state index contributed by atoms with van der Waals surface area (Å²) in [7, 11) is 0. The summed E-state index contributed by atoms with van der Waals surface area (Å²) in [5.41, 5.74) is 5.68. The Morgan fingerprint density at radius 3 is 2.82 bits per heavy atom. The van der Waals surface area contributed by atoms with Gasteiger partial charge in [-0.25, -0.2) is 4.98 Å². The van der Waals surface area contributed by atoms with Crippen LogP contribution in [-0.2, 0) is 0 Å². The summed E-state index contributed by atoms with van der Waals surface area (Å²) in [6, 6.07) is 8.08. The molecule has 0 unspecified atom stereocenters. The van der Waals surface area contributed by atoms with Gasteiger partial charge in [-0.2, -0.15) is 5.10 Å². The van der Waals surface area contributed by atoms with E-state index in [0.29, 0.717) is 6.04 Å². The average molecular weight is 312 g/mol. The minimum Gasteiger partial charge on any atom is -0.334 e. The predicted octanol–water partition coefficient (Wildman–Crippen LogP) is 2.81. The van der Waals surface area contributed by atoms with E-state index < -0.39 is 0 Å². The van der Waals surface area contributed by atoms with Crippen LogP contribution in [0.15, 0.2) is 29.8 Å². The SMILES string of the molecule is Cc1cc(C)n(C2CN(C(=O)c3ccc4ncsc4c3)C2)n1. The molecule has 1 aromatic carbocycles. The third-order valence-electron chi connectivity index (χ3n) is 4.12. The minimum atomic E-state index is 0.0908. The Hall–Kier alpha value is -2.21. The van der Waals surface area contributed by atoms with Crippen LogP contribution in [-0.4, -0.2) is 38.7 Å². The predicted molar refractivity (Wildman–Crippen MR) is 86.3 cm³/mol. The van der Waals surface area contributed by atoms with E-state index in [1.807, 2.05) is 34.7 Å². The normalized spacial score (nSPS) is 15.3. The number of benzene rings is 1. The van der Waals surface area contributed by atoms with Gasteiger partial charge in [0.05, 0.1) is 27.5 Å². The van der Waals surface area contributed by atoms with Crippen LogP contribution in [0.4, 0.5) is 0 Å². The van der Waals surface area contributed by atoms with Crippen LogP contribution in [0, 0.1) is 13.8 Å². The molecular formula is C16H16N4OS. The average Bonchev–Trinajstić information content (AvgIpc) is 3.03. The molecule has 0 spiro atoms. The highest BCUT2D eigenvalue weighted by Crippen LogP contribution is 2.26. The Labute approximate surface area is 132 Å². The van der Waals surface area contributed by atoms with E-state index in [0.717, 1.165) is 40.3 Å².